The lowest BCUT2D eigenvalue weighted by molar-refractivity contribution is -0.203. The Bertz CT molecular complexity index is 279. The first-order valence-electron chi connectivity index (χ1n) is 3.68. The number of thiophene rings is 1. The van der Waals surface area contributed by atoms with Crippen LogP contribution in [0.5, 0.6) is 0 Å². The van der Waals surface area contributed by atoms with E-state index in [4.69, 9.17) is 5.11 Å². The van der Waals surface area contributed by atoms with Gasteiger partial charge >= 0.3 is 6.18 Å². The molecule has 0 aliphatic heterocycles. The van der Waals surface area contributed by atoms with Gasteiger partial charge in [-0.3, -0.25) is 0 Å². The molecule has 0 aliphatic carbocycles. The number of hydrogen-bond donors (Lipinski definition) is 1. The molecule has 1 aromatic rings. The van der Waals surface area contributed by atoms with Crippen molar-refractivity contribution in [1.29, 1.82) is 0 Å². The van der Waals surface area contributed by atoms with Gasteiger partial charge in [-0.25, -0.2) is 0 Å². The topological polar surface area (TPSA) is 20.2 Å². The molecular formula is C8H9F3OS. The smallest absolute Gasteiger partial charge is 0.383 e. The van der Waals surface area contributed by atoms with Crippen LogP contribution in [-0.4, -0.2) is 17.4 Å². The molecule has 0 saturated carbocycles. The largest absolute Gasteiger partial charge is 0.414 e. The molecule has 1 nitrogen and oxygen atoms in total. The van der Waals surface area contributed by atoms with E-state index in [2.05, 4.69) is 0 Å². The van der Waals surface area contributed by atoms with E-state index in [-0.39, 0.29) is 6.42 Å². The van der Waals surface area contributed by atoms with Gasteiger partial charge in [0.1, 0.15) is 0 Å². The summed E-state index contributed by atoms with van der Waals surface area (Å²) >= 11 is 1.38. The minimum absolute atomic E-state index is 0.353. The van der Waals surface area contributed by atoms with Crippen molar-refractivity contribution < 1.29 is 18.3 Å². The Morgan fingerprint density at radius 1 is 1.54 bits per heavy atom. The van der Waals surface area contributed by atoms with Crippen LogP contribution in [0.3, 0.4) is 0 Å². The van der Waals surface area contributed by atoms with Crippen LogP contribution in [0.15, 0.2) is 11.4 Å². The molecule has 0 aromatic carbocycles. The Balaban J connectivity index is 2.60. The molecule has 0 amide bonds. The summed E-state index contributed by atoms with van der Waals surface area (Å²) in [5, 5.41) is 10.4. The molecule has 0 radical (unpaired) electrons. The number of halogens is 3. The van der Waals surface area contributed by atoms with Gasteiger partial charge in [0.05, 0.1) is 0 Å². The van der Waals surface area contributed by atoms with Crippen molar-refractivity contribution >= 4 is 11.3 Å². The molecule has 0 bridgehead atoms. The van der Waals surface area contributed by atoms with E-state index in [0.717, 1.165) is 4.88 Å². The highest BCUT2D eigenvalue weighted by atomic mass is 32.1. The summed E-state index contributed by atoms with van der Waals surface area (Å²) in [5.74, 6) is 0. The van der Waals surface area contributed by atoms with E-state index < -0.39 is 12.3 Å². The van der Waals surface area contributed by atoms with Gasteiger partial charge in [-0.15, -0.1) is 11.3 Å². The van der Waals surface area contributed by atoms with Gasteiger partial charge in [-0.05, 0) is 23.9 Å². The monoisotopic (exact) mass is 210 g/mol. The summed E-state index contributed by atoms with van der Waals surface area (Å²) in [6.45, 7) is 1.81. The van der Waals surface area contributed by atoms with Crippen LogP contribution in [0, 0.1) is 6.92 Å². The molecule has 1 rings (SSSR count). The summed E-state index contributed by atoms with van der Waals surface area (Å²) in [6.07, 6.45) is -7.12. The number of alkyl halides is 3. The van der Waals surface area contributed by atoms with Gasteiger partial charge in [0.2, 0.25) is 0 Å². The third kappa shape index (κ3) is 3.00. The molecule has 1 heterocycles. The molecule has 1 aromatic heterocycles. The lowest BCUT2D eigenvalue weighted by atomic mass is 10.1. The van der Waals surface area contributed by atoms with Crippen LogP contribution in [-0.2, 0) is 6.42 Å². The van der Waals surface area contributed by atoms with E-state index in [9.17, 15) is 13.2 Å². The number of aryl methyl sites for hydroxylation is 1. The van der Waals surface area contributed by atoms with Gasteiger partial charge in [-0.1, -0.05) is 0 Å². The van der Waals surface area contributed by atoms with Gasteiger partial charge in [0, 0.05) is 11.3 Å². The summed E-state index contributed by atoms with van der Waals surface area (Å²) in [5.41, 5.74) is 0.535. The third-order valence-electron chi connectivity index (χ3n) is 1.59. The summed E-state index contributed by atoms with van der Waals surface area (Å²) < 4.78 is 35.7. The van der Waals surface area contributed by atoms with Gasteiger partial charge in [0.15, 0.2) is 6.10 Å². The molecular weight excluding hydrogens is 201 g/mol. The molecule has 0 unspecified atom stereocenters. The van der Waals surface area contributed by atoms with Crippen LogP contribution < -0.4 is 0 Å². The highest BCUT2D eigenvalue weighted by Gasteiger charge is 2.37. The molecule has 0 aliphatic rings. The van der Waals surface area contributed by atoms with E-state index >= 15 is 0 Å². The molecule has 1 N–H and O–H groups in total. The van der Waals surface area contributed by atoms with Crippen molar-refractivity contribution in [1.82, 2.24) is 0 Å². The molecule has 5 heteroatoms. The second-order valence-electron chi connectivity index (χ2n) is 2.83. The zero-order chi connectivity index (χ0) is 10.1. The van der Waals surface area contributed by atoms with E-state index in [0.29, 0.717) is 5.56 Å². The highest BCUT2D eigenvalue weighted by molar-refractivity contribution is 7.10. The number of rotatable bonds is 2. The predicted molar refractivity (Wildman–Crippen MR) is 44.8 cm³/mol. The van der Waals surface area contributed by atoms with Crippen LogP contribution in [0.25, 0.3) is 0 Å². The zero-order valence-corrected chi connectivity index (χ0v) is 7.75. The fourth-order valence-corrected chi connectivity index (χ4v) is 1.66. The zero-order valence-electron chi connectivity index (χ0n) is 6.93. The average molecular weight is 210 g/mol. The normalized spacial score (nSPS) is 14.5. The van der Waals surface area contributed by atoms with Crippen molar-refractivity contribution in [2.45, 2.75) is 25.6 Å². The third-order valence-corrected chi connectivity index (χ3v) is 2.50. The van der Waals surface area contributed by atoms with Gasteiger partial charge in [0.25, 0.3) is 0 Å². The standard InChI is InChI=1S/C8H9F3OS/c1-5-2-6(4-13-5)3-7(12)8(9,10)11/h2,4,7,12H,3H2,1H3/t7-/m0/s1. The maximum Gasteiger partial charge on any atom is 0.414 e. The molecule has 0 fully saturated rings. The van der Waals surface area contributed by atoms with Crippen LogP contribution in [0.1, 0.15) is 10.4 Å². The molecule has 13 heavy (non-hydrogen) atoms. The Hall–Kier alpha value is -0.550. The fraction of sp³-hybridized carbons (Fsp3) is 0.500. The average Bonchev–Trinajstić information content (AvgIpc) is 2.33. The second kappa shape index (κ2) is 3.67. The maximum absolute atomic E-state index is 11.9. The lowest BCUT2D eigenvalue weighted by Crippen LogP contribution is -2.30. The number of aliphatic hydroxyl groups is 1. The van der Waals surface area contributed by atoms with E-state index in [1.54, 1.807) is 11.4 Å². The fourth-order valence-electron chi connectivity index (χ4n) is 0.944. The lowest BCUT2D eigenvalue weighted by Gasteiger charge is -2.12. The highest BCUT2D eigenvalue weighted by Crippen LogP contribution is 2.24. The van der Waals surface area contributed by atoms with Crippen molar-refractivity contribution in [3.63, 3.8) is 0 Å². The number of hydrogen-bond acceptors (Lipinski definition) is 2. The SMILES string of the molecule is Cc1cc(C[C@H](O)C(F)(F)F)cs1. The van der Waals surface area contributed by atoms with E-state index in [1.807, 2.05) is 6.92 Å². The second-order valence-corrected chi connectivity index (χ2v) is 3.94. The quantitative estimate of drug-likeness (QED) is 0.795. The van der Waals surface area contributed by atoms with Crippen molar-refractivity contribution in [2.24, 2.45) is 0 Å². The Labute approximate surface area is 77.8 Å². The molecule has 74 valence electrons. The predicted octanol–water partition coefficient (Wildman–Crippen LogP) is 2.52. The first kappa shape index (κ1) is 10.5. The molecule has 0 spiro atoms. The van der Waals surface area contributed by atoms with E-state index in [1.165, 1.54) is 11.3 Å². The first-order valence-corrected chi connectivity index (χ1v) is 4.56. The molecule has 0 saturated heterocycles. The minimum atomic E-state index is -4.52. The van der Waals surface area contributed by atoms with Crippen molar-refractivity contribution in [2.75, 3.05) is 0 Å². The Morgan fingerprint density at radius 3 is 2.54 bits per heavy atom. The summed E-state index contributed by atoms with van der Waals surface area (Å²) in [6, 6.07) is 1.65. The minimum Gasteiger partial charge on any atom is -0.383 e. The Morgan fingerprint density at radius 2 is 2.15 bits per heavy atom. The van der Waals surface area contributed by atoms with Gasteiger partial charge < -0.3 is 5.11 Å². The number of aliphatic hydroxyl groups excluding tert-OH is 1. The Kier molecular flexibility index (Phi) is 2.98. The summed E-state index contributed by atoms with van der Waals surface area (Å²) in [4.78, 5) is 0.948. The van der Waals surface area contributed by atoms with Crippen LogP contribution in [0.4, 0.5) is 13.2 Å². The first-order chi connectivity index (χ1) is 5.89. The maximum atomic E-state index is 11.9. The molecule has 1 atom stereocenters. The van der Waals surface area contributed by atoms with Crippen molar-refractivity contribution in [3.8, 4) is 0 Å². The van der Waals surface area contributed by atoms with Gasteiger partial charge in [-0.2, -0.15) is 13.2 Å². The van der Waals surface area contributed by atoms with Crippen LogP contribution >= 0.6 is 11.3 Å². The van der Waals surface area contributed by atoms with Crippen LogP contribution in [0.2, 0.25) is 0 Å². The summed E-state index contributed by atoms with van der Waals surface area (Å²) in [7, 11) is 0. The van der Waals surface area contributed by atoms with Crippen molar-refractivity contribution in [3.05, 3.63) is 21.9 Å².